The largest absolute Gasteiger partial charge is 0.462 e. The predicted molar refractivity (Wildman–Crippen MR) is 52.0 cm³/mol. The molecule has 7 heteroatoms. The Morgan fingerprint density at radius 1 is 1.64 bits per heavy atom. The zero-order valence-electron chi connectivity index (χ0n) is 7.34. The van der Waals surface area contributed by atoms with Crippen LogP contribution in [0.5, 0.6) is 0 Å². The highest BCUT2D eigenvalue weighted by molar-refractivity contribution is 7.61. The summed E-state index contributed by atoms with van der Waals surface area (Å²) >= 11 is 0.958. The molecule has 14 heavy (non-hydrogen) atoms. The fraction of sp³-hybridized carbons (Fsp3) is 0.286. The summed E-state index contributed by atoms with van der Waals surface area (Å²) in [6, 6.07) is 1.23. The van der Waals surface area contributed by atoms with E-state index in [9.17, 15) is 9.36 Å². The summed E-state index contributed by atoms with van der Waals surface area (Å²) in [5.74, 6) is -0.694. The number of carbonyl (C=O) groups excluding carboxylic acids is 1. The summed E-state index contributed by atoms with van der Waals surface area (Å²) in [5.41, 5.74) is 0. The van der Waals surface area contributed by atoms with Gasteiger partial charge >= 0.3 is 13.6 Å². The van der Waals surface area contributed by atoms with Crippen LogP contribution < -0.4 is 5.30 Å². The van der Waals surface area contributed by atoms with Crippen LogP contribution in [0.2, 0.25) is 0 Å². The summed E-state index contributed by atoms with van der Waals surface area (Å²) in [5, 5.41) is 1.18. The molecule has 0 aliphatic carbocycles. The average molecular weight is 236 g/mol. The summed E-state index contributed by atoms with van der Waals surface area (Å²) in [6.45, 7) is 1.81. The molecule has 1 aromatic rings. The van der Waals surface area contributed by atoms with E-state index in [1.54, 1.807) is 6.92 Å². The average Bonchev–Trinajstić information content (AvgIpc) is 2.50. The molecule has 78 valence electrons. The topological polar surface area (TPSA) is 83.8 Å². The van der Waals surface area contributed by atoms with Gasteiger partial charge in [0.2, 0.25) is 0 Å². The number of rotatable bonds is 3. The van der Waals surface area contributed by atoms with Crippen molar-refractivity contribution in [2.75, 3.05) is 6.61 Å². The van der Waals surface area contributed by atoms with E-state index < -0.39 is 13.6 Å². The van der Waals surface area contributed by atoms with Crippen LogP contribution in [0.25, 0.3) is 0 Å². The first-order chi connectivity index (χ1) is 6.46. The van der Waals surface area contributed by atoms with Crippen molar-refractivity contribution < 1.29 is 23.9 Å². The van der Waals surface area contributed by atoms with Crippen LogP contribution in [0, 0.1) is 0 Å². The van der Waals surface area contributed by atoms with Crippen molar-refractivity contribution in [2.45, 2.75) is 6.92 Å². The van der Waals surface area contributed by atoms with Gasteiger partial charge in [-0.3, -0.25) is 4.57 Å². The van der Waals surface area contributed by atoms with Gasteiger partial charge in [-0.15, -0.1) is 11.3 Å². The fourth-order valence-electron chi connectivity index (χ4n) is 0.881. The second kappa shape index (κ2) is 4.23. The molecule has 0 saturated carbocycles. The number of esters is 1. The van der Waals surface area contributed by atoms with Crippen molar-refractivity contribution in [3.8, 4) is 0 Å². The highest BCUT2D eigenvalue weighted by Crippen LogP contribution is 2.36. The molecule has 0 aliphatic rings. The van der Waals surface area contributed by atoms with Gasteiger partial charge in [-0.2, -0.15) is 0 Å². The third kappa shape index (κ3) is 2.42. The van der Waals surface area contributed by atoms with Crippen molar-refractivity contribution >= 4 is 30.2 Å². The third-order valence-electron chi connectivity index (χ3n) is 1.42. The van der Waals surface area contributed by atoms with Crippen LogP contribution in [0.4, 0.5) is 0 Å². The number of hydrogen-bond acceptors (Lipinski definition) is 4. The molecule has 0 bridgehead atoms. The lowest BCUT2D eigenvalue weighted by molar-refractivity contribution is 0.0533. The Balaban J connectivity index is 3.05. The van der Waals surface area contributed by atoms with Crippen molar-refractivity contribution in [2.24, 2.45) is 0 Å². The van der Waals surface area contributed by atoms with E-state index in [0.29, 0.717) is 0 Å². The smallest absolute Gasteiger partial charge is 0.357 e. The maximum absolute atomic E-state index is 11.2. The summed E-state index contributed by atoms with van der Waals surface area (Å²) in [4.78, 5) is 29.0. The number of ether oxygens (including phenoxy) is 1. The Labute approximate surface area is 84.5 Å². The molecule has 1 heterocycles. The van der Waals surface area contributed by atoms with Gasteiger partial charge in [-0.25, -0.2) is 4.79 Å². The molecule has 0 atom stereocenters. The van der Waals surface area contributed by atoms with Gasteiger partial charge < -0.3 is 14.5 Å². The van der Waals surface area contributed by atoms with Crippen LogP contribution >= 0.6 is 18.9 Å². The first-order valence-corrected chi connectivity index (χ1v) is 6.26. The second-order valence-electron chi connectivity index (χ2n) is 2.40. The first-order valence-electron chi connectivity index (χ1n) is 3.77. The lowest BCUT2D eigenvalue weighted by Crippen LogP contribution is -2.14. The molecule has 2 N–H and O–H groups in total. The van der Waals surface area contributed by atoms with Gasteiger partial charge in [0.1, 0.15) is 4.88 Å². The van der Waals surface area contributed by atoms with E-state index in [1.165, 1.54) is 11.4 Å². The van der Waals surface area contributed by atoms with Crippen molar-refractivity contribution in [1.82, 2.24) is 0 Å². The lowest BCUT2D eigenvalue weighted by atomic mass is 10.5. The zero-order chi connectivity index (χ0) is 10.8. The maximum Gasteiger partial charge on any atom is 0.357 e. The van der Waals surface area contributed by atoms with Crippen LogP contribution in [-0.4, -0.2) is 22.4 Å². The van der Waals surface area contributed by atoms with E-state index in [2.05, 4.69) is 4.74 Å². The minimum absolute atomic E-state index is 0.0276. The first kappa shape index (κ1) is 11.4. The highest BCUT2D eigenvalue weighted by Gasteiger charge is 2.26. The SMILES string of the molecule is CCOC(=O)c1sccc1P(=O)(O)O. The number of thiophene rings is 1. The Bertz CT molecular complexity index is 379. The van der Waals surface area contributed by atoms with E-state index in [1.807, 2.05) is 0 Å². The summed E-state index contributed by atoms with van der Waals surface area (Å²) < 4.78 is 15.6. The normalized spacial score (nSPS) is 11.4. The molecule has 5 nitrogen and oxygen atoms in total. The fourth-order valence-corrected chi connectivity index (χ4v) is 2.81. The minimum Gasteiger partial charge on any atom is -0.462 e. The second-order valence-corrected chi connectivity index (χ2v) is 4.89. The predicted octanol–water partition coefficient (Wildman–Crippen LogP) is 0.728. The van der Waals surface area contributed by atoms with Gasteiger partial charge in [0.05, 0.1) is 11.9 Å². The zero-order valence-corrected chi connectivity index (χ0v) is 9.05. The van der Waals surface area contributed by atoms with Gasteiger partial charge in [-0.05, 0) is 18.4 Å². The molecular formula is C7H9O5PS. The van der Waals surface area contributed by atoms with Crippen molar-refractivity contribution in [3.05, 3.63) is 16.3 Å². The summed E-state index contributed by atoms with van der Waals surface area (Å²) in [6.07, 6.45) is 0. The van der Waals surface area contributed by atoms with E-state index >= 15 is 0 Å². The molecule has 0 aromatic carbocycles. The minimum atomic E-state index is -4.38. The standard InChI is InChI=1S/C7H9O5PS/c1-2-12-7(8)6-5(3-4-14-6)13(9,10)11/h3-4H,2H2,1H3,(H2,9,10,11). The Kier molecular flexibility index (Phi) is 3.44. The van der Waals surface area contributed by atoms with Crippen molar-refractivity contribution in [3.63, 3.8) is 0 Å². The molecule has 0 aliphatic heterocycles. The number of carbonyl (C=O) groups is 1. The van der Waals surface area contributed by atoms with E-state index in [4.69, 9.17) is 9.79 Å². The molecule has 0 unspecified atom stereocenters. The van der Waals surface area contributed by atoms with Crippen LogP contribution in [0.1, 0.15) is 16.6 Å². The van der Waals surface area contributed by atoms with Crippen molar-refractivity contribution in [1.29, 1.82) is 0 Å². The van der Waals surface area contributed by atoms with Gasteiger partial charge in [0.15, 0.2) is 0 Å². The van der Waals surface area contributed by atoms with Gasteiger partial charge in [0, 0.05) is 0 Å². The number of hydrogen-bond donors (Lipinski definition) is 2. The van der Waals surface area contributed by atoms with E-state index in [0.717, 1.165) is 11.3 Å². The van der Waals surface area contributed by atoms with Crippen LogP contribution in [0.15, 0.2) is 11.4 Å². The molecule has 0 radical (unpaired) electrons. The highest BCUT2D eigenvalue weighted by atomic mass is 32.1. The third-order valence-corrected chi connectivity index (χ3v) is 3.47. The van der Waals surface area contributed by atoms with Crippen LogP contribution in [-0.2, 0) is 9.30 Å². The van der Waals surface area contributed by atoms with E-state index in [-0.39, 0.29) is 16.8 Å². The van der Waals surface area contributed by atoms with Gasteiger partial charge in [-0.1, -0.05) is 0 Å². The lowest BCUT2D eigenvalue weighted by Gasteiger charge is -2.04. The molecule has 0 fully saturated rings. The molecule has 0 amide bonds. The molecule has 0 saturated heterocycles. The molecule has 1 aromatic heterocycles. The quantitative estimate of drug-likeness (QED) is 0.597. The maximum atomic E-state index is 11.2. The molecular weight excluding hydrogens is 227 g/mol. The molecule has 1 rings (SSSR count). The van der Waals surface area contributed by atoms with Gasteiger partial charge in [0.25, 0.3) is 0 Å². The Morgan fingerprint density at radius 2 is 2.29 bits per heavy atom. The van der Waals surface area contributed by atoms with Crippen LogP contribution in [0.3, 0.4) is 0 Å². The summed E-state index contributed by atoms with van der Waals surface area (Å²) in [7, 11) is -4.38. The monoisotopic (exact) mass is 236 g/mol. The Morgan fingerprint density at radius 3 is 2.79 bits per heavy atom. The molecule has 0 spiro atoms. The Hall–Kier alpha value is -0.680.